The van der Waals surface area contributed by atoms with Gasteiger partial charge in [-0.1, -0.05) is 12.1 Å². The Balaban J connectivity index is 2.56. The molecule has 6 heteroatoms. The lowest BCUT2D eigenvalue weighted by Crippen LogP contribution is -2.36. The lowest BCUT2D eigenvalue weighted by Gasteiger charge is -2.17. The Hall–Kier alpha value is -2.37. The summed E-state index contributed by atoms with van der Waals surface area (Å²) in [4.78, 5) is 34.5. The number of hydrogen-bond acceptors (Lipinski definition) is 3. The van der Waals surface area contributed by atoms with Crippen molar-refractivity contribution in [2.75, 3.05) is 13.6 Å². The highest BCUT2D eigenvalue weighted by molar-refractivity contribution is 5.87. The molecule has 0 bridgehead atoms. The van der Waals surface area contributed by atoms with Crippen molar-refractivity contribution in [2.24, 2.45) is 0 Å². The average Bonchev–Trinajstić information content (AvgIpc) is 2.36. The predicted octanol–water partition coefficient (Wildman–Crippen LogP) is 0.479. The zero-order valence-corrected chi connectivity index (χ0v) is 10.8. The lowest BCUT2D eigenvalue weighted by molar-refractivity contribution is -0.131. The third kappa shape index (κ3) is 4.79. The number of carboxylic acids is 1. The number of carbonyl (C=O) groups is 3. The van der Waals surface area contributed by atoms with Gasteiger partial charge in [-0.05, 0) is 17.7 Å². The molecule has 19 heavy (non-hydrogen) atoms. The molecule has 1 rings (SSSR count). The summed E-state index contributed by atoms with van der Waals surface area (Å²) in [5.41, 5.74) is 1.03. The summed E-state index contributed by atoms with van der Waals surface area (Å²) in [5, 5.41) is 11.2. The van der Waals surface area contributed by atoms with Crippen LogP contribution in [0.5, 0.6) is 0 Å². The van der Waals surface area contributed by atoms with Gasteiger partial charge in [-0.25, -0.2) is 4.79 Å². The molecule has 0 aliphatic carbocycles. The predicted molar refractivity (Wildman–Crippen MR) is 68.6 cm³/mol. The highest BCUT2D eigenvalue weighted by Gasteiger charge is 2.10. The largest absolute Gasteiger partial charge is 0.478 e. The van der Waals surface area contributed by atoms with Gasteiger partial charge >= 0.3 is 5.97 Å². The fraction of sp³-hybridized carbons (Fsp3) is 0.308. The van der Waals surface area contributed by atoms with Gasteiger partial charge in [0, 0.05) is 20.5 Å². The molecule has 0 aromatic heterocycles. The number of benzene rings is 1. The van der Waals surface area contributed by atoms with Gasteiger partial charge in [0.15, 0.2) is 0 Å². The van der Waals surface area contributed by atoms with Crippen LogP contribution >= 0.6 is 0 Å². The smallest absolute Gasteiger partial charge is 0.335 e. The van der Waals surface area contributed by atoms with E-state index < -0.39 is 5.97 Å². The van der Waals surface area contributed by atoms with Crippen LogP contribution in [0.25, 0.3) is 0 Å². The molecule has 102 valence electrons. The summed E-state index contributed by atoms with van der Waals surface area (Å²) in [6.07, 6.45) is 0. The number of nitrogens with zero attached hydrogens (tertiary/aromatic N) is 1. The second-order valence-electron chi connectivity index (χ2n) is 4.16. The molecule has 2 amide bonds. The molecule has 0 spiro atoms. The van der Waals surface area contributed by atoms with Crippen LogP contribution in [-0.2, 0) is 16.1 Å². The van der Waals surface area contributed by atoms with E-state index in [9.17, 15) is 14.4 Å². The Morgan fingerprint density at radius 2 is 1.79 bits per heavy atom. The van der Waals surface area contributed by atoms with Crippen LogP contribution < -0.4 is 5.32 Å². The van der Waals surface area contributed by atoms with Crippen LogP contribution in [0.4, 0.5) is 0 Å². The van der Waals surface area contributed by atoms with Gasteiger partial charge in [0.2, 0.25) is 11.8 Å². The van der Waals surface area contributed by atoms with Gasteiger partial charge < -0.3 is 15.3 Å². The fourth-order valence-electron chi connectivity index (χ4n) is 1.45. The van der Waals surface area contributed by atoms with Gasteiger partial charge in [0.25, 0.3) is 0 Å². The topological polar surface area (TPSA) is 86.7 Å². The number of likely N-dealkylation sites (N-methyl/N-ethyl adjacent to an activating group) is 1. The number of amides is 2. The molecule has 2 N–H and O–H groups in total. The minimum Gasteiger partial charge on any atom is -0.478 e. The van der Waals surface area contributed by atoms with E-state index in [0.29, 0.717) is 6.54 Å². The minimum atomic E-state index is -0.985. The van der Waals surface area contributed by atoms with Crippen molar-refractivity contribution >= 4 is 17.8 Å². The first-order valence-electron chi connectivity index (χ1n) is 5.71. The zero-order valence-electron chi connectivity index (χ0n) is 10.8. The van der Waals surface area contributed by atoms with Crippen LogP contribution in [0.3, 0.4) is 0 Å². The monoisotopic (exact) mass is 264 g/mol. The highest BCUT2D eigenvalue weighted by atomic mass is 16.4. The molecule has 0 aliphatic rings. The normalized spacial score (nSPS) is 9.79. The molecule has 0 heterocycles. The number of nitrogens with one attached hydrogen (secondary N) is 1. The van der Waals surface area contributed by atoms with E-state index in [1.165, 1.54) is 24.0 Å². The van der Waals surface area contributed by atoms with E-state index in [0.717, 1.165) is 5.56 Å². The van der Waals surface area contributed by atoms with Crippen molar-refractivity contribution in [3.63, 3.8) is 0 Å². The maximum absolute atomic E-state index is 11.6. The Morgan fingerprint density at radius 1 is 1.21 bits per heavy atom. The Morgan fingerprint density at radius 3 is 2.26 bits per heavy atom. The molecule has 1 aromatic carbocycles. The van der Waals surface area contributed by atoms with E-state index in [1.54, 1.807) is 19.2 Å². The average molecular weight is 264 g/mol. The third-order valence-electron chi connectivity index (χ3n) is 2.53. The SMILES string of the molecule is CC(=O)NCC(=O)N(C)Cc1ccc(C(=O)O)cc1. The van der Waals surface area contributed by atoms with Gasteiger partial charge in [-0.2, -0.15) is 0 Å². The maximum atomic E-state index is 11.6. The quantitative estimate of drug-likeness (QED) is 0.809. The molecule has 0 aliphatic heterocycles. The number of carboxylic acid groups (broad SMARTS) is 1. The van der Waals surface area contributed by atoms with Gasteiger partial charge in [0.1, 0.15) is 0 Å². The summed E-state index contributed by atoms with van der Waals surface area (Å²) >= 11 is 0. The van der Waals surface area contributed by atoms with Gasteiger partial charge in [-0.3, -0.25) is 9.59 Å². The molecule has 0 saturated heterocycles. The second kappa shape index (κ2) is 6.53. The molecular formula is C13H16N2O4. The van der Waals surface area contributed by atoms with Crippen LogP contribution in [0, 0.1) is 0 Å². The number of hydrogen-bond donors (Lipinski definition) is 2. The number of rotatable bonds is 5. The molecule has 0 radical (unpaired) electrons. The van der Waals surface area contributed by atoms with Crippen molar-refractivity contribution in [3.8, 4) is 0 Å². The van der Waals surface area contributed by atoms with E-state index in [1.807, 2.05) is 0 Å². The van der Waals surface area contributed by atoms with Crippen LogP contribution in [0.2, 0.25) is 0 Å². The van der Waals surface area contributed by atoms with Crippen LogP contribution in [0.1, 0.15) is 22.8 Å². The van der Waals surface area contributed by atoms with Crippen molar-refractivity contribution in [1.29, 1.82) is 0 Å². The maximum Gasteiger partial charge on any atom is 0.335 e. The second-order valence-corrected chi connectivity index (χ2v) is 4.16. The van der Waals surface area contributed by atoms with E-state index >= 15 is 0 Å². The molecular weight excluding hydrogens is 248 g/mol. The van der Waals surface area contributed by atoms with Crippen molar-refractivity contribution in [2.45, 2.75) is 13.5 Å². The van der Waals surface area contributed by atoms with E-state index in [2.05, 4.69) is 5.32 Å². The standard InChI is InChI=1S/C13H16N2O4/c1-9(16)14-7-12(17)15(2)8-10-3-5-11(6-4-10)13(18)19/h3-6H,7-8H2,1-2H3,(H,14,16)(H,18,19). The van der Waals surface area contributed by atoms with Crippen molar-refractivity contribution in [1.82, 2.24) is 10.2 Å². The number of aromatic carboxylic acids is 1. The molecule has 0 unspecified atom stereocenters. The summed E-state index contributed by atoms with van der Waals surface area (Å²) in [6, 6.07) is 6.30. The van der Waals surface area contributed by atoms with Crippen LogP contribution in [0.15, 0.2) is 24.3 Å². The zero-order chi connectivity index (χ0) is 14.4. The number of carbonyl (C=O) groups excluding carboxylic acids is 2. The van der Waals surface area contributed by atoms with Crippen molar-refractivity contribution < 1.29 is 19.5 Å². The third-order valence-corrected chi connectivity index (χ3v) is 2.53. The fourth-order valence-corrected chi connectivity index (χ4v) is 1.45. The summed E-state index contributed by atoms with van der Waals surface area (Å²) in [6.45, 7) is 1.66. The van der Waals surface area contributed by atoms with E-state index in [-0.39, 0.29) is 23.9 Å². The molecule has 6 nitrogen and oxygen atoms in total. The summed E-state index contributed by atoms with van der Waals surface area (Å²) in [5.74, 6) is -1.45. The molecule has 0 fully saturated rings. The lowest BCUT2D eigenvalue weighted by atomic mass is 10.1. The minimum absolute atomic E-state index is 0.0426. The van der Waals surface area contributed by atoms with Crippen molar-refractivity contribution in [3.05, 3.63) is 35.4 Å². The van der Waals surface area contributed by atoms with E-state index in [4.69, 9.17) is 5.11 Å². The Bertz CT molecular complexity index is 482. The Kier molecular flexibility index (Phi) is 5.05. The summed E-state index contributed by atoms with van der Waals surface area (Å²) < 4.78 is 0. The highest BCUT2D eigenvalue weighted by Crippen LogP contribution is 2.06. The van der Waals surface area contributed by atoms with Gasteiger partial charge in [0.05, 0.1) is 12.1 Å². The molecule has 1 aromatic rings. The summed E-state index contributed by atoms with van der Waals surface area (Å²) in [7, 11) is 1.62. The molecule has 0 saturated carbocycles. The van der Waals surface area contributed by atoms with Crippen LogP contribution in [-0.4, -0.2) is 41.4 Å². The first-order valence-corrected chi connectivity index (χ1v) is 5.71. The molecule has 0 atom stereocenters. The van der Waals surface area contributed by atoms with Gasteiger partial charge in [-0.15, -0.1) is 0 Å². The first-order chi connectivity index (χ1) is 8.90. The Labute approximate surface area is 111 Å². The first kappa shape index (κ1) is 14.7.